The monoisotopic (exact) mass is 247 g/mol. The van der Waals surface area contributed by atoms with Gasteiger partial charge in [0.1, 0.15) is 0 Å². The lowest BCUT2D eigenvalue weighted by Gasteiger charge is -2.33. The van der Waals surface area contributed by atoms with Crippen molar-refractivity contribution in [3.8, 4) is 0 Å². The summed E-state index contributed by atoms with van der Waals surface area (Å²) in [5, 5.41) is 0. The average Bonchev–Trinajstić information content (AvgIpc) is 2.39. The normalized spacial score (nSPS) is 25.0. The van der Waals surface area contributed by atoms with Crippen molar-refractivity contribution in [2.45, 2.75) is 25.3 Å². The van der Waals surface area contributed by atoms with Crippen molar-refractivity contribution in [1.82, 2.24) is 14.9 Å². The first-order valence-corrected chi connectivity index (χ1v) is 6.76. The standard InChI is InChI=1S/C13H21N5/c1-17-4-6-18(7-5-17)13-15-9-10-8-11(14)2-3-12(10)16-13/h9,11H,2-8,14H2,1H3/t11-/m1/s1. The number of likely N-dealkylation sites (N-methyl/N-ethyl adjacent to an activating group) is 1. The highest BCUT2D eigenvalue weighted by molar-refractivity contribution is 5.35. The van der Waals surface area contributed by atoms with Crippen LogP contribution in [0, 0.1) is 0 Å². The molecule has 1 atom stereocenters. The number of fused-ring (bicyclic) bond motifs is 1. The van der Waals surface area contributed by atoms with Crippen molar-refractivity contribution in [3.05, 3.63) is 17.5 Å². The summed E-state index contributed by atoms with van der Waals surface area (Å²) in [6, 6.07) is 0.288. The summed E-state index contributed by atoms with van der Waals surface area (Å²) in [5.74, 6) is 0.900. The second-order valence-electron chi connectivity index (χ2n) is 5.44. The van der Waals surface area contributed by atoms with E-state index in [9.17, 15) is 0 Å². The van der Waals surface area contributed by atoms with Gasteiger partial charge in [-0.05, 0) is 31.9 Å². The van der Waals surface area contributed by atoms with Crippen LogP contribution in [0.25, 0.3) is 0 Å². The van der Waals surface area contributed by atoms with Gasteiger partial charge in [0.25, 0.3) is 0 Å². The molecule has 5 nitrogen and oxygen atoms in total. The van der Waals surface area contributed by atoms with Crippen molar-refractivity contribution < 1.29 is 0 Å². The molecule has 0 unspecified atom stereocenters. The van der Waals surface area contributed by atoms with Crippen LogP contribution in [0.1, 0.15) is 17.7 Å². The van der Waals surface area contributed by atoms with Gasteiger partial charge >= 0.3 is 0 Å². The third-order valence-corrected chi connectivity index (χ3v) is 3.96. The predicted molar refractivity (Wildman–Crippen MR) is 71.7 cm³/mol. The lowest BCUT2D eigenvalue weighted by Crippen LogP contribution is -2.45. The molecule has 2 heterocycles. The Hall–Kier alpha value is -1.20. The number of aromatic nitrogens is 2. The van der Waals surface area contributed by atoms with Crippen molar-refractivity contribution in [3.63, 3.8) is 0 Å². The van der Waals surface area contributed by atoms with Gasteiger partial charge < -0.3 is 15.5 Å². The summed E-state index contributed by atoms with van der Waals surface area (Å²) < 4.78 is 0. The zero-order valence-electron chi connectivity index (χ0n) is 11.0. The number of nitrogens with zero attached hydrogens (tertiary/aromatic N) is 4. The van der Waals surface area contributed by atoms with E-state index in [1.807, 2.05) is 6.20 Å². The number of piperazine rings is 1. The predicted octanol–water partition coefficient (Wildman–Crippen LogP) is 0.0444. The summed E-state index contributed by atoms with van der Waals surface area (Å²) in [7, 11) is 2.16. The average molecular weight is 247 g/mol. The highest BCUT2D eigenvalue weighted by Crippen LogP contribution is 2.20. The number of nitrogens with two attached hydrogens (primary N) is 1. The molecule has 5 heteroatoms. The lowest BCUT2D eigenvalue weighted by atomic mass is 9.94. The molecule has 0 saturated carbocycles. The first-order valence-electron chi connectivity index (χ1n) is 6.76. The van der Waals surface area contributed by atoms with E-state index in [-0.39, 0.29) is 6.04 Å². The number of aryl methyl sites for hydroxylation is 1. The summed E-state index contributed by atoms with van der Waals surface area (Å²) in [5.41, 5.74) is 8.43. The molecule has 1 fully saturated rings. The Morgan fingerprint density at radius 2 is 2.06 bits per heavy atom. The van der Waals surface area contributed by atoms with Crippen LogP contribution in [0.4, 0.5) is 5.95 Å². The fourth-order valence-corrected chi connectivity index (χ4v) is 2.68. The van der Waals surface area contributed by atoms with Crippen molar-refractivity contribution in [2.24, 2.45) is 5.73 Å². The van der Waals surface area contributed by atoms with Crippen LogP contribution < -0.4 is 10.6 Å². The van der Waals surface area contributed by atoms with Crippen LogP contribution in [-0.4, -0.2) is 54.1 Å². The summed E-state index contributed by atoms with van der Waals surface area (Å²) >= 11 is 0. The highest BCUT2D eigenvalue weighted by Gasteiger charge is 2.21. The summed E-state index contributed by atoms with van der Waals surface area (Å²) in [6.45, 7) is 4.22. The fourth-order valence-electron chi connectivity index (χ4n) is 2.68. The van der Waals surface area contributed by atoms with E-state index in [2.05, 4.69) is 21.8 Å². The van der Waals surface area contributed by atoms with Crippen molar-refractivity contribution >= 4 is 5.95 Å². The van der Waals surface area contributed by atoms with Crippen LogP contribution in [0.2, 0.25) is 0 Å². The maximum Gasteiger partial charge on any atom is 0.225 e. The van der Waals surface area contributed by atoms with Gasteiger partial charge in [0.2, 0.25) is 5.95 Å². The Labute approximate surface area is 108 Å². The van der Waals surface area contributed by atoms with Crippen molar-refractivity contribution in [2.75, 3.05) is 38.1 Å². The van der Waals surface area contributed by atoms with Gasteiger partial charge in [0, 0.05) is 44.1 Å². The molecule has 1 aromatic rings. The van der Waals surface area contributed by atoms with Crippen LogP contribution in [0.15, 0.2) is 6.20 Å². The van der Waals surface area contributed by atoms with E-state index in [0.717, 1.165) is 51.4 Å². The minimum Gasteiger partial charge on any atom is -0.338 e. The smallest absolute Gasteiger partial charge is 0.225 e. The summed E-state index contributed by atoms with van der Waals surface area (Å²) in [6.07, 6.45) is 4.96. The molecule has 2 N–H and O–H groups in total. The van der Waals surface area contributed by atoms with E-state index >= 15 is 0 Å². The van der Waals surface area contributed by atoms with Crippen LogP contribution in [-0.2, 0) is 12.8 Å². The molecule has 0 radical (unpaired) electrons. The topological polar surface area (TPSA) is 58.3 Å². The highest BCUT2D eigenvalue weighted by atomic mass is 15.3. The van der Waals surface area contributed by atoms with E-state index in [4.69, 9.17) is 10.7 Å². The van der Waals surface area contributed by atoms with Gasteiger partial charge in [-0.15, -0.1) is 0 Å². The number of hydrogen-bond donors (Lipinski definition) is 1. The Balaban J connectivity index is 1.78. The molecular weight excluding hydrogens is 226 g/mol. The van der Waals surface area contributed by atoms with Crippen molar-refractivity contribution in [1.29, 1.82) is 0 Å². The lowest BCUT2D eigenvalue weighted by molar-refractivity contribution is 0.311. The zero-order valence-corrected chi connectivity index (χ0v) is 11.0. The fraction of sp³-hybridized carbons (Fsp3) is 0.692. The molecular formula is C13H21N5. The summed E-state index contributed by atoms with van der Waals surface area (Å²) in [4.78, 5) is 13.9. The van der Waals surface area contributed by atoms with Gasteiger partial charge in [-0.2, -0.15) is 0 Å². The van der Waals surface area contributed by atoms with E-state index in [1.165, 1.54) is 11.3 Å². The largest absolute Gasteiger partial charge is 0.338 e. The van der Waals surface area contributed by atoms with Gasteiger partial charge in [-0.3, -0.25) is 0 Å². The molecule has 0 aromatic carbocycles. The molecule has 1 saturated heterocycles. The first kappa shape index (κ1) is 11.9. The van der Waals surface area contributed by atoms with Gasteiger partial charge in [0.15, 0.2) is 0 Å². The maximum atomic E-state index is 5.97. The third-order valence-electron chi connectivity index (χ3n) is 3.96. The molecule has 3 rings (SSSR count). The minimum absolute atomic E-state index is 0.288. The maximum absolute atomic E-state index is 5.97. The number of rotatable bonds is 1. The van der Waals surface area contributed by atoms with Gasteiger partial charge in [0.05, 0.1) is 0 Å². The molecule has 98 valence electrons. The Morgan fingerprint density at radius 3 is 2.83 bits per heavy atom. The minimum atomic E-state index is 0.288. The van der Waals surface area contributed by atoms with Crippen LogP contribution >= 0.6 is 0 Å². The zero-order chi connectivity index (χ0) is 12.5. The molecule has 0 spiro atoms. The molecule has 1 aliphatic heterocycles. The third kappa shape index (κ3) is 2.33. The second-order valence-corrected chi connectivity index (χ2v) is 5.44. The molecule has 1 aromatic heterocycles. The Morgan fingerprint density at radius 1 is 1.28 bits per heavy atom. The molecule has 0 bridgehead atoms. The Kier molecular flexibility index (Phi) is 3.18. The van der Waals surface area contributed by atoms with E-state index in [1.54, 1.807) is 0 Å². The SMILES string of the molecule is CN1CCN(c2ncc3c(n2)CC[C@@H](N)C3)CC1. The molecule has 0 amide bonds. The van der Waals surface area contributed by atoms with Crippen LogP contribution in [0.5, 0.6) is 0 Å². The number of anilines is 1. The van der Waals surface area contributed by atoms with Gasteiger partial charge in [-0.25, -0.2) is 9.97 Å². The van der Waals surface area contributed by atoms with Crippen LogP contribution in [0.3, 0.4) is 0 Å². The molecule has 1 aliphatic carbocycles. The van der Waals surface area contributed by atoms with E-state index in [0.29, 0.717) is 0 Å². The quantitative estimate of drug-likeness (QED) is 0.759. The Bertz CT molecular complexity index is 425. The van der Waals surface area contributed by atoms with E-state index < -0.39 is 0 Å². The van der Waals surface area contributed by atoms with Gasteiger partial charge in [-0.1, -0.05) is 0 Å². The first-order chi connectivity index (χ1) is 8.72. The molecule has 2 aliphatic rings. The number of hydrogen-bond acceptors (Lipinski definition) is 5. The molecule has 18 heavy (non-hydrogen) atoms. The second kappa shape index (κ2) is 4.82.